The highest BCUT2D eigenvalue weighted by Crippen LogP contribution is 2.40. The summed E-state index contributed by atoms with van der Waals surface area (Å²) >= 11 is 0. The normalized spacial score (nSPS) is 30.2. The Kier molecular flexibility index (Phi) is 5.20. The van der Waals surface area contributed by atoms with Crippen LogP contribution < -0.4 is 21.1 Å². The van der Waals surface area contributed by atoms with Crippen LogP contribution in [0.1, 0.15) is 42.5 Å². The Labute approximate surface area is 153 Å². The van der Waals surface area contributed by atoms with Crippen LogP contribution in [0.25, 0.3) is 0 Å². The summed E-state index contributed by atoms with van der Waals surface area (Å²) < 4.78 is 5.40. The van der Waals surface area contributed by atoms with Crippen molar-refractivity contribution in [2.75, 3.05) is 11.9 Å². The van der Waals surface area contributed by atoms with Gasteiger partial charge in [0.05, 0.1) is 5.69 Å². The lowest BCUT2D eigenvalue weighted by Crippen LogP contribution is -2.53. The minimum atomic E-state index is -0.175. The van der Waals surface area contributed by atoms with Gasteiger partial charge in [0, 0.05) is 17.6 Å². The van der Waals surface area contributed by atoms with Gasteiger partial charge in [-0.15, -0.1) is 12.4 Å². The number of ether oxygens (including phenoxy) is 1. The number of halogens is 1. The lowest BCUT2D eigenvalue weighted by Gasteiger charge is -2.45. The number of anilines is 1. The minimum Gasteiger partial charge on any atom is -0.482 e. The van der Waals surface area contributed by atoms with E-state index in [9.17, 15) is 9.59 Å². The van der Waals surface area contributed by atoms with Crippen molar-refractivity contribution in [3.63, 3.8) is 0 Å². The molecule has 2 amide bonds. The summed E-state index contributed by atoms with van der Waals surface area (Å²) in [7, 11) is 0. The first-order chi connectivity index (χ1) is 11.6. The third-order valence-corrected chi connectivity index (χ3v) is 5.55. The second kappa shape index (κ2) is 7.22. The van der Waals surface area contributed by atoms with E-state index >= 15 is 0 Å². The number of rotatable bonds is 2. The molecule has 0 aromatic heterocycles. The molecule has 6 nitrogen and oxygen atoms in total. The fourth-order valence-corrected chi connectivity index (χ4v) is 4.48. The number of carbonyl (C=O) groups is 2. The second-order valence-electron chi connectivity index (χ2n) is 7.23. The molecule has 1 aliphatic heterocycles. The van der Waals surface area contributed by atoms with Crippen molar-refractivity contribution >= 4 is 29.9 Å². The highest BCUT2D eigenvalue weighted by molar-refractivity contribution is 5.99. The Hall–Kier alpha value is -1.79. The first kappa shape index (κ1) is 18.0. The highest BCUT2D eigenvalue weighted by atomic mass is 35.5. The third-order valence-electron chi connectivity index (χ3n) is 5.55. The molecule has 2 saturated carbocycles. The van der Waals surface area contributed by atoms with Crippen molar-refractivity contribution in [1.82, 2.24) is 5.32 Å². The fourth-order valence-electron chi connectivity index (χ4n) is 4.48. The van der Waals surface area contributed by atoms with Crippen molar-refractivity contribution in [1.29, 1.82) is 0 Å². The second-order valence-corrected chi connectivity index (χ2v) is 7.23. The van der Waals surface area contributed by atoms with E-state index in [1.165, 1.54) is 6.42 Å². The topological polar surface area (TPSA) is 93.4 Å². The van der Waals surface area contributed by atoms with Crippen molar-refractivity contribution in [2.45, 2.75) is 44.2 Å². The maximum absolute atomic E-state index is 12.7. The Morgan fingerprint density at radius 1 is 1.24 bits per heavy atom. The number of fused-ring (bicyclic) bond motifs is 3. The quantitative estimate of drug-likeness (QED) is 0.748. The first-order valence-electron chi connectivity index (χ1n) is 8.73. The van der Waals surface area contributed by atoms with Gasteiger partial charge in [0.25, 0.3) is 11.8 Å². The third kappa shape index (κ3) is 3.60. The van der Waals surface area contributed by atoms with E-state index in [0.29, 0.717) is 28.8 Å². The predicted octanol–water partition coefficient (Wildman–Crippen LogP) is 2.08. The van der Waals surface area contributed by atoms with Crippen LogP contribution in [0.4, 0.5) is 5.69 Å². The van der Waals surface area contributed by atoms with Gasteiger partial charge in [-0.2, -0.15) is 0 Å². The molecule has 1 aromatic rings. The molecule has 7 heteroatoms. The van der Waals surface area contributed by atoms with Crippen molar-refractivity contribution in [3.05, 3.63) is 23.8 Å². The number of hydrogen-bond acceptors (Lipinski definition) is 4. The van der Waals surface area contributed by atoms with E-state index in [-0.39, 0.29) is 42.9 Å². The van der Waals surface area contributed by atoms with Gasteiger partial charge < -0.3 is 21.1 Å². The van der Waals surface area contributed by atoms with E-state index in [1.54, 1.807) is 18.2 Å². The van der Waals surface area contributed by atoms with Crippen LogP contribution >= 0.6 is 12.4 Å². The highest BCUT2D eigenvalue weighted by Gasteiger charge is 2.40. The molecule has 0 radical (unpaired) electrons. The molecule has 2 fully saturated rings. The van der Waals surface area contributed by atoms with Crippen LogP contribution in [-0.4, -0.2) is 30.5 Å². The van der Waals surface area contributed by atoms with Crippen LogP contribution in [0.15, 0.2) is 18.2 Å². The number of carbonyl (C=O) groups excluding carboxylic acids is 2. The predicted molar refractivity (Wildman–Crippen MR) is 97.1 cm³/mol. The van der Waals surface area contributed by atoms with E-state index in [4.69, 9.17) is 10.5 Å². The monoisotopic (exact) mass is 365 g/mol. The number of amides is 2. The molecule has 1 aromatic carbocycles. The molecular formula is C18H24ClN3O3. The Balaban J connectivity index is 0.00000182. The molecule has 2 unspecified atom stereocenters. The van der Waals surface area contributed by atoms with Crippen LogP contribution in [0.2, 0.25) is 0 Å². The lowest BCUT2D eigenvalue weighted by molar-refractivity contribution is -0.118. The average molecular weight is 366 g/mol. The van der Waals surface area contributed by atoms with Gasteiger partial charge in [0.1, 0.15) is 5.75 Å². The smallest absolute Gasteiger partial charge is 0.262 e. The van der Waals surface area contributed by atoms with Crippen molar-refractivity contribution in [3.8, 4) is 5.75 Å². The number of nitrogens with two attached hydrogens (primary N) is 1. The zero-order valence-corrected chi connectivity index (χ0v) is 14.8. The zero-order valence-electron chi connectivity index (χ0n) is 14.0. The molecular weight excluding hydrogens is 342 g/mol. The Morgan fingerprint density at radius 3 is 2.68 bits per heavy atom. The van der Waals surface area contributed by atoms with Gasteiger partial charge >= 0.3 is 0 Å². The van der Waals surface area contributed by atoms with Gasteiger partial charge in [-0.3, -0.25) is 9.59 Å². The van der Waals surface area contributed by atoms with E-state index in [2.05, 4.69) is 10.6 Å². The molecule has 25 heavy (non-hydrogen) atoms. The van der Waals surface area contributed by atoms with Crippen LogP contribution in [0.5, 0.6) is 5.75 Å². The summed E-state index contributed by atoms with van der Waals surface area (Å²) in [6.45, 7) is -0.0112. The first-order valence-corrected chi connectivity index (χ1v) is 8.73. The number of nitrogens with one attached hydrogen (secondary N) is 2. The molecule has 4 rings (SSSR count). The molecule has 0 spiro atoms. The van der Waals surface area contributed by atoms with E-state index in [0.717, 1.165) is 25.7 Å². The Bertz CT molecular complexity index is 668. The number of hydrogen-bond donors (Lipinski definition) is 3. The van der Waals surface area contributed by atoms with E-state index in [1.807, 2.05) is 0 Å². The van der Waals surface area contributed by atoms with Crippen LogP contribution in [0.3, 0.4) is 0 Å². The summed E-state index contributed by atoms with van der Waals surface area (Å²) in [6.07, 6.45) is 5.53. The molecule has 4 N–H and O–H groups in total. The van der Waals surface area contributed by atoms with Crippen molar-refractivity contribution in [2.24, 2.45) is 17.6 Å². The molecule has 3 aliphatic rings. The minimum absolute atomic E-state index is 0. The van der Waals surface area contributed by atoms with Gasteiger partial charge in [-0.05, 0) is 55.7 Å². The standard InChI is InChI=1S/C18H23N3O3.ClH/c19-13-6-10-2-1-3-11(7-13)17(10)21-18(23)12-4-5-14-15(8-12)24-9-16(22)20-14;/h4-5,8,10-11,13,17H,1-3,6-7,9,19H2,(H,20,22)(H,21,23);1H. The average Bonchev–Trinajstić information content (AvgIpc) is 2.55. The van der Waals surface area contributed by atoms with Crippen LogP contribution in [0, 0.1) is 11.8 Å². The molecule has 2 bridgehead atoms. The molecule has 2 aliphatic carbocycles. The van der Waals surface area contributed by atoms with Gasteiger partial charge in [0.15, 0.2) is 6.61 Å². The lowest BCUT2D eigenvalue weighted by atomic mass is 9.67. The molecule has 0 saturated heterocycles. The maximum atomic E-state index is 12.7. The summed E-state index contributed by atoms with van der Waals surface area (Å²) in [6, 6.07) is 5.65. The summed E-state index contributed by atoms with van der Waals surface area (Å²) in [5.74, 6) is 1.28. The largest absolute Gasteiger partial charge is 0.482 e. The molecule has 1 heterocycles. The fraction of sp³-hybridized carbons (Fsp3) is 0.556. The summed E-state index contributed by atoms with van der Waals surface area (Å²) in [5.41, 5.74) is 7.33. The summed E-state index contributed by atoms with van der Waals surface area (Å²) in [4.78, 5) is 24.0. The van der Waals surface area contributed by atoms with E-state index < -0.39 is 0 Å². The van der Waals surface area contributed by atoms with Crippen LogP contribution in [-0.2, 0) is 4.79 Å². The number of benzene rings is 1. The van der Waals surface area contributed by atoms with Gasteiger partial charge in [-0.25, -0.2) is 0 Å². The van der Waals surface area contributed by atoms with Gasteiger partial charge in [-0.1, -0.05) is 6.42 Å². The SMILES string of the molecule is Cl.NC1CC2CCCC(C1)C2NC(=O)c1ccc2c(c1)OCC(=O)N2. The van der Waals surface area contributed by atoms with Gasteiger partial charge in [0.2, 0.25) is 0 Å². The molecule has 136 valence electrons. The molecule has 2 atom stereocenters. The maximum Gasteiger partial charge on any atom is 0.262 e. The van der Waals surface area contributed by atoms with Crippen molar-refractivity contribution < 1.29 is 14.3 Å². The summed E-state index contributed by atoms with van der Waals surface area (Å²) in [5, 5.41) is 5.97. The zero-order chi connectivity index (χ0) is 16.7. The Morgan fingerprint density at radius 2 is 1.96 bits per heavy atom.